The maximum Gasteiger partial charge on any atom is 0.293 e. The molecule has 0 unspecified atom stereocenters. The number of amides is 1. The predicted molar refractivity (Wildman–Crippen MR) is 72.6 cm³/mol. The first kappa shape index (κ1) is 13.4. The number of carbonyl (C=O) groups excluding carboxylic acids is 1. The summed E-state index contributed by atoms with van der Waals surface area (Å²) in [7, 11) is 1.57. The molecule has 0 atom stereocenters. The third kappa shape index (κ3) is 2.86. The Balaban J connectivity index is 2.27. The zero-order valence-corrected chi connectivity index (χ0v) is 10.5. The van der Waals surface area contributed by atoms with Crippen molar-refractivity contribution in [1.82, 2.24) is 10.2 Å². The van der Waals surface area contributed by atoms with Crippen LogP contribution in [0.25, 0.3) is 0 Å². The molecule has 0 aliphatic carbocycles. The van der Waals surface area contributed by atoms with E-state index in [2.05, 4.69) is 20.8 Å². The van der Waals surface area contributed by atoms with Crippen LogP contribution in [0.3, 0.4) is 0 Å². The highest BCUT2D eigenvalue weighted by Gasteiger charge is 2.17. The van der Waals surface area contributed by atoms with E-state index >= 15 is 0 Å². The summed E-state index contributed by atoms with van der Waals surface area (Å²) in [6.07, 6.45) is 1.47. The summed E-state index contributed by atoms with van der Waals surface area (Å²) in [5.41, 5.74) is 0.340. The number of anilines is 2. The lowest BCUT2D eigenvalue weighted by Crippen LogP contribution is -2.13. The smallest absolute Gasteiger partial charge is 0.293 e. The van der Waals surface area contributed by atoms with Gasteiger partial charge in [-0.3, -0.25) is 14.9 Å². The van der Waals surface area contributed by atoms with Crippen molar-refractivity contribution in [1.29, 1.82) is 0 Å². The van der Waals surface area contributed by atoms with Gasteiger partial charge >= 0.3 is 0 Å². The molecule has 1 heterocycles. The predicted octanol–water partition coefficient (Wildman–Crippen LogP) is 1.68. The first-order valence-corrected chi connectivity index (χ1v) is 5.67. The molecule has 0 spiro atoms. The van der Waals surface area contributed by atoms with Crippen LogP contribution < -0.4 is 10.6 Å². The van der Waals surface area contributed by atoms with E-state index in [4.69, 9.17) is 0 Å². The highest BCUT2D eigenvalue weighted by Crippen LogP contribution is 2.25. The van der Waals surface area contributed by atoms with Crippen molar-refractivity contribution in [2.24, 2.45) is 0 Å². The summed E-state index contributed by atoms with van der Waals surface area (Å²) in [4.78, 5) is 22.3. The topological polar surface area (TPSA) is 110 Å². The van der Waals surface area contributed by atoms with Gasteiger partial charge in [-0.05, 0) is 24.3 Å². The van der Waals surface area contributed by atoms with Crippen LogP contribution in [0, 0.1) is 10.1 Å². The van der Waals surface area contributed by atoms with Crippen LogP contribution in [0.5, 0.6) is 0 Å². The minimum absolute atomic E-state index is 0.167. The van der Waals surface area contributed by atoms with Gasteiger partial charge in [0.2, 0.25) is 0 Å². The van der Waals surface area contributed by atoms with Crippen molar-refractivity contribution in [3.8, 4) is 0 Å². The van der Waals surface area contributed by atoms with E-state index in [0.29, 0.717) is 5.69 Å². The standard InChI is InChI=1S/C12H11N5O3/c1-13-9-5-4-8(7-10(9)17(19)20)12(18)15-11-3-2-6-14-16-11/h2-7,13H,1H3,(H,15,16,18). The molecule has 2 N–H and O–H groups in total. The Morgan fingerprint density at radius 3 is 2.75 bits per heavy atom. The summed E-state index contributed by atoms with van der Waals surface area (Å²) in [5, 5.41) is 23.5. The number of nitrogens with one attached hydrogen (secondary N) is 2. The third-order valence-corrected chi connectivity index (χ3v) is 2.54. The van der Waals surface area contributed by atoms with Crippen molar-refractivity contribution in [3.63, 3.8) is 0 Å². The maximum absolute atomic E-state index is 12.0. The average Bonchev–Trinajstić information content (AvgIpc) is 2.47. The first-order chi connectivity index (χ1) is 9.61. The number of nitro benzene ring substituents is 1. The van der Waals surface area contributed by atoms with Gasteiger partial charge < -0.3 is 10.6 Å². The number of carbonyl (C=O) groups is 1. The van der Waals surface area contributed by atoms with Crippen LogP contribution in [0.2, 0.25) is 0 Å². The van der Waals surface area contributed by atoms with Gasteiger partial charge in [-0.1, -0.05) is 0 Å². The first-order valence-electron chi connectivity index (χ1n) is 5.67. The second kappa shape index (κ2) is 5.74. The fourth-order valence-corrected chi connectivity index (χ4v) is 1.59. The lowest BCUT2D eigenvalue weighted by atomic mass is 10.1. The molecule has 102 valence electrons. The quantitative estimate of drug-likeness (QED) is 0.647. The Kier molecular flexibility index (Phi) is 3.85. The summed E-state index contributed by atoms with van der Waals surface area (Å²) in [5.74, 6) is -0.214. The van der Waals surface area contributed by atoms with Gasteiger partial charge in [-0.25, -0.2) is 0 Å². The zero-order valence-electron chi connectivity index (χ0n) is 10.5. The zero-order chi connectivity index (χ0) is 14.5. The summed E-state index contributed by atoms with van der Waals surface area (Å²) in [6, 6.07) is 7.36. The molecule has 8 heteroatoms. The van der Waals surface area contributed by atoms with Crippen molar-refractivity contribution < 1.29 is 9.72 Å². The van der Waals surface area contributed by atoms with Crippen molar-refractivity contribution in [3.05, 3.63) is 52.2 Å². The van der Waals surface area contributed by atoms with E-state index in [9.17, 15) is 14.9 Å². The highest BCUT2D eigenvalue weighted by molar-refractivity contribution is 6.04. The number of hydrogen-bond acceptors (Lipinski definition) is 6. The molecule has 8 nitrogen and oxygen atoms in total. The Labute approximate surface area is 114 Å². The lowest BCUT2D eigenvalue weighted by Gasteiger charge is -2.06. The van der Waals surface area contributed by atoms with Gasteiger partial charge in [0.25, 0.3) is 11.6 Å². The number of nitrogens with zero attached hydrogens (tertiary/aromatic N) is 3. The Morgan fingerprint density at radius 2 is 2.15 bits per heavy atom. The summed E-state index contributed by atoms with van der Waals surface area (Å²) < 4.78 is 0. The number of nitro groups is 1. The van der Waals surface area contributed by atoms with E-state index in [0.717, 1.165) is 0 Å². The fourth-order valence-electron chi connectivity index (χ4n) is 1.59. The second-order valence-electron chi connectivity index (χ2n) is 3.80. The number of hydrogen-bond donors (Lipinski definition) is 2. The average molecular weight is 273 g/mol. The SMILES string of the molecule is CNc1ccc(C(=O)Nc2cccnn2)cc1[N+](=O)[O-]. The summed E-state index contributed by atoms with van der Waals surface area (Å²) >= 11 is 0. The van der Waals surface area contributed by atoms with E-state index in [1.807, 2.05) is 0 Å². The van der Waals surface area contributed by atoms with Crippen LogP contribution in [0.1, 0.15) is 10.4 Å². The highest BCUT2D eigenvalue weighted by atomic mass is 16.6. The number of aromatic nitrogens is 2. The van der Waals surface area contributed by atoms with Crippen molar-refractivity contribution >= 4 is 23.1 Å². The fraction of sp³-hybridized carbons (Fsp3) is 0.0833. The number of rotatable bonds is 4. The molecule has 1 aromatic heterocycles. The molecule has 2 rings (SSSR count). The molecule has 0 radical (unpaired) electrons. The second-order valence-corrected chi connectivity index (χ2v) is 3.80. The van der Waals surface area contributed by atoms with Crippen LogP contribution in [-0.4, -0.2) is 28.1 Å². The van der Waals surface area contributed by atoms with Crippen molar-refractivity contribution in [2.45, 2.75) is 0 Å². The molecule has 0 aliphatic heterocycles. The minimum Gasteiger partial charge on any atom is -0.383 e. The molecule has 0 saturated heterocycles. The van der Waals surface area contributed by atoms with Gasteiger partial charge in [0.1, 0.15) is 5.69 Å². The van der Waals surface area contributed by atoms with Crippen LogP contribution in [0.4, 0.5) is 17.2 Å². The molecule has 0 saturated carbocycles. The molecule has 20 heavy (non-hydrogen) atoms. The Morgan fingerprint density at radius 1 is 1.35 bits per heavy atom. The number of benzene rings is 1. The third-order valence-electron chi connectivity index (χ3n) is 2.54. The van der Waals surface area contributed by atoms with E-state index < -0.39 is 10.8 Å². The molecule has 2 aromatic rings. The molecule has 0 fully saturated rings. The van der Waals surface area contributed by atoms with Crippen LogP contribution >= 0.6 is 0 Å². The molecule has 1 amide bonds. The Hall–Kier alpha value is -3.03. The molecule has 0 aliphatic rings. The molecule has 1 aromatic carbocycles. The summed E-state index contributed by atoms with van der Waals surface area (Å²) in [6.45, 7) is 0. The monoisotopic (exact) mass is 273 g/mol. The van der Waals surface area contributed by atoms with E-state index in [1.165, 1.54) is 24.4 Å². The molecular weight excluding hydrogens is 262 g/mol. The van der Waals surface area contributed by atoms with E-state index in [1.54, 1.807) is 19.2 Å². The van der Waals surface area contributed by atoms with Gasteiger partial charge in [-0.2, -0.15) is 5.10 Å². The van der Waals surface area contributed by atoms with Crippen molar-refractivity contribution in [2.75, 3.05) is 17.7 Å². The molecule has 0 bridgehead atoms. The van der Waals surface area contributed by atoms with Gasteiger partial charge in [0, 0.05) is 24.9 Å². The van der Waals surface area contributed by atoms with E-state index in [-0.39, 0.29) is 17.1 Å². The van der Waals surface area contributed by atoms with Crippen LogP contribution in [0.15, 0.2) is 36.5 Å². The maximum atomic E-state index is 12.0. The van der Waals surface area contributed by atoms with Crippen LogP contribution in [-0.2, 0) is 0 Å². The lowest BCUT2D eigenvalue weighted by molar-refractivity contribution is -0.384. The molecular formula is C12H11N5O3. The largest absolute Gasteiger partial charge is 0.383 e. The Bertz CT molecular complexity index is 645. The van der Waals surface area contributed by atoms with Gasteiger partial charge in [0.05, 0.1) is 4.92 Å². The van der Waals surface area contributed by atoms with Gasteiger partial charge in [0.15, 0.2) is 5.82 Å². The normalized spacial score (nSPS) is 9.85. The van der Waals surface area contributed by atoms with Gasteiger partial charge in [-0.15, -0.1) is 5.10 Å². The minimum atomic E-state index is -0.551.